The fraction of sp³-hybridized carbons (Fsp3) is 0.476. The molecule has 0 aromatic heterocycles. The van der Waals surface area contributed by atoms with Crippen LogP contribution in [-0.4, -0.2) is 80.7 Å². The first kappa shape index (κ1) is 42.2. The molecule has 54 heavy (non-hydrogen) atoms. The molecule has 1 aliphatic carbocycles. The zero-order valence-electron chi connectivity index (χ0n) is 31.6. The molecule has 292 valence electrons. The summed E-state index contributed by atoms with van der Waals surface area (Å²) in [5, 5.41) is 13.2. The minimum atomic E-state index is -1.86. The number of carbonyl (C=O) groups is 2. The van der Waals surface area contributed by atoms with Crippen LogP contribution >= 0.6 is 47.2 Å². The van der Waals surface area contributed by atoms with Crippen LogP contribution in [0.15, 0.2) is 66.2 Å². The summed E-state index contributed by atoms with van der Waals surface area (Å²) in [6.07, 6.45) is 2.87. The molecular formula is C42H51Cl4N3O5. The van der Waals surface area contributed by atoms with Gasteiger partial charge in [-0.05, 0) is 105 Å². The molecule has 2 amide bonds. The molecule has 1 unspecified atom stereocenters. The third-order valence-electron chi connectivity index (χ3n) is 10.9. The molecule has 2 N–H and O–H groups in total. The molecule has 2 atom stereocenters. The molecule has 1 saturated heterocycles. The van der Waals surface area contributed by atoms with E-state index in [0.29, 0.717) is 44.7 Å². The molecule has 3 aliphatic rings. The van der Waals surface area contributed by atoms with E-state index >= 15 is 4.79 Å². The summed E-state index contributed by atoms with van der Waals surface area (Å²) >= 11 is 18.7. The number of hydrogen-bond donors (Lipinski definition) is 2. The number of carbonyl (C=O) groups excluding carboxylic acids is 2. The SMILES string of the molecule is Cc1ccc(C)c(OCCc2ccc(C3=C(C(=O)N(Cc4ccccc4CCO)C4CC4)[C@H]4CNCC(C3)N4C(=O)OC(C)(C)C(Cl)(Cl)Cl)cc2)c1C.Cl. The maximum Gasteiger partial charge on any atom is 0.411 e. The van der Waals surface area contributed by atoms with Crippen LogP contribution in [0.2, 0.25) is 0 Å². The van der Waals surface area contributed by atoms with E-state index in [1.807, 2.05) is 29.2 Å². The predicted molar refractivity (Wildman–Crippen MR) is 219 cm³/mol. The number of nitrogens with one attached hydrogen (secondary N) is 1. The topological polar surface area (TPSA) is 91.3 Å². The Hall–Kier alpha value is -2.98. The van der Waals surface area contributed by atoms with Crippen molar-refractivity contribution in [3.05, 3.63) is 105 Å². The fourth-order valence-corrected chi connectivity index (χ4v) is 7.52. The summed E-state index contributed by atoms with van der Waals surface area (Å²) < 4.78 is 10.3. The Morgan fingerprint density at radius 3 is 2.24 bits per heavy atom. The van der Waals surface area contributed by atoms with Gasteiger partial charge in [0.15, 0.2) is 5.60 Å². The Morgan fingerprint density at radius 2 is 1.59 bits per heavy atom. The Balaban J connectivity index is 0.00000561. The van der Waals surface area contributed by atoms with E-state index in [9.17, 15) is 9.90 Å². The largest absolute Gasteiger partial charge is 0.493 e. The minimum absolute atomic E-state index is 0. The molecule has 8 nitrogen and oxygen atoms in total. The van der Waals surface area contributed by atoms with Crippen LogP contribution in [0, 0.1) is 20.8 Å². The first-order valence-electron chi connectivity index (χ1n) is 18.5. The number of ether oxygens (including phenoxy) is 2. The van der Waals surface area contributed by atoms with Crippen molar-refractivity contribution in [2.45, 2.75) is 101 Å². The monoisotopic (exact) mass is 817 g/mol. The van der Waals surface area contributed by atoms with Crippen molar-refractivity contribution in [3.63, 3.8) is 0 Å². The average molecular weight is 820 g/mol. The normalized spacial score (nSPS) is 18.6. The van der Waals surface area contributed by atoms with Crippen molar-refractivity contribution < 1.29 is 24.2 Å². The van der Waals surface area contributed by atoms with Gasteiger partial charge in [-0.15, -0.1) is 12.4 Å². The highest BCUT2D eigenvalue weighted by Crippen LogP contribution is 2.44. The summed E-state index contributed by atoms with van der Waals surface area (Å²) in [6.45, 7) is 11.3. The van der Waals surface area contributed by atoms with Crippen LogP contribution in [-0.2, 0) is 28.9 Å². The molecule has 2 bridgehead atoms. The van der Waals surface area contributed by atoms with Gasteiger partial charge >= 0.3 is 6.09 Å². The molecule has 0 radical (unpaired) electrons. The second-order valence-electron chi connectivity index (χ2n) is 15.1. The lowest BCUT2D eigenvalue weighted by Gasteiger charge is -2.48. The number of benzene rings is 3. The maximum absolute atomic E-state index is 15.1. The third-order valence-corrected chi connectivity index (χ3v) is 12.3. The van der Waals surface area contributed by atoms with E-state index in [0.717, 1.165) is 64.0 Å². The molecular weight excluding hydrogens is 768 g/mol. The number of halogens is 4. The number of nitrogens with zero attached hydrogens (tertiary/aromatic N) is 2. The van der Waals surface area contributed by atoms with Gasteiger partial charge in [-0.3, -0.25) is 9.69 Å². The number of amides is 2. The number of fused-ring (bicyclic) bond motifs is 2. The standard InChI is InChI=1S/C42H50Cl3N3O5.ClH/c1-26-10-11-27(2)38(28(26)3)52-21-19-29-12-14-31(15-13-29)35-22-34-23-46-24-36(48(34)40(51)53-41(4,5)42(43,44)45)37(35)39(50)47(33-16-17-33)25-32-9-7-6-8-30(32)18-20-49;/h6-15,33-34,36,46,49H,16-25H2,1-5H3;1H/t34?,36-;/m1./s1. The van der Waals surface area contributed by atoms with Gasteiger partial charge in [0.25, 0.3) is 5.91 Å². The summed E-state index contributed by atoms with van der Waals surface area (Å²) in [5.74, 6) is 0.838. The number of aliphatic hydroxyl groups excluding tert-OH is 1. The van der Waals surface area contributed by atoms with E-state index in [1.54, 1.807) is 18.7 Å². The average Bonchev–Trinajstić information content (AvgIpc) is 3.96. The zero-order chi connectivity index (χ0) is 38.1. The second kappa shape index (κ2) is 17.4. The van der Waals surface area contributed by atoms with Crippen molar-refractivity contribution in [3.8, 4) is 5.75 Å². The first-order valence-corrected chi connectivity index (χ1v) is 19.6. The summed E-state index contributed by atoms with van der Waals surface area (Å²) in [5.41, 5.74) is 7.66. The number of rotatable bonds is 12. The molecule has 6 rings (SSSR count). The van der Waals surface area contributed by atoms with Crippen LogP contribution in [0.25, 0.3) is 5.57 Å². The molecule has 2 heterocycles. The molecule has 2 aliphatic heterocycles. The highest BCUT2D eigenvalue weighted by atomic mass is 35.6. The van der Waals surface area contributed by atoms with Crippen LogP contribution < -0.4 is 10.1 Å². The lowest BCUT2D eigenvalue weighted by molar-refractivity contribution is -0.129. The van der Waals surface area contributed by atoms with Crippen molar-refractivity contribution >= 4 is 64.8 Å². The fourth-order valence-electron chi connectivity index (χ4n) is 7.40. The number of alkyl halides is 3. The molecule has 1 saturated carbocycles. The first-order chi connectivity index (χ1) is 25.2. The molecule has 12 heteroatoms. The number of aliphatic hydroxyl groups is 1. The highest BCUT2D eigenvalue weighted by Gasteiger charge is 2.50. The third kappa shape index (κ3) is 9.17. The van der Waals surface area contributed by atoms with E-state index in [1.165, 1.54) is 5.56 Å². The molecule has 2 fully saturated rings. The number of piperazine rings is 1. The van der Waals surface area contributed by atoms with Crippen LogP contribution in [0.5, 0.6) is 5.75 Å². The van der Waals surface area contributed by atoms with Crippen LogP contribution in [0.4, 0.5) is 4.79 Å². The number of hydrogen-bond acceptors (Lipinski definition) is 6. The smallest absolute Gasteiger partial charge is 0.411 e. The summed E-state index contributed by atoms with van der Waals surface area (Å²) in [7, 11) is 0. The van der Waals surface area contributed by atoms with E-state index < -0.39 is 21.5 Å². The van der Waals surface area contributed by atoms with E-state index in [2.05, 4.69) is 62.5 Å². The Labute approximate surface area is 340 Å². The quantitative estimate of drug-likeness (QED) is 0.178. The van der Waals surface area contributed by atoms with Crippen molar-refractivity contribution in [1.29, 1.82) is 0 Å². The zero-order valence-corrected chi connectivity index (χ0v) is 34.7. The van der Waals surface area contributed by atoms with Gasteiger partial charge in [0.05, 0.1) is 18.7 Å². The minimum Gasteiger partial charge on any atom is -0.493 e. The van der Waals surface area contributed by atoms with E-state index in [-0.39, 0.29) is 37.0 Å². The predicted octanol–water partition coefficient (Wildman–Crippen LogP) is 8.47. The van der Waals surface area contributed by atoms with Crippen LogP contribution in [0.1, 0.15) is 72.1 Å². The second-order valence-corrected chi connectivity index (χ2v) is 17.3. The lowest BCUT2D eigenvalue weighted by Crippen LogP contribution is -2.64. The molecule has 0 spiro atoms. The molecule has 3 aromatic carbocycles. The summed E-state index contributed by atoms with van der Waals surface area (Å²) in [4.78, 5) is 32.8. The van der Waals surface area contributed by atoms with Gasteiger partial charge in [-0.2, -0.15) is 0 Å². The van der Waals surface area contributed by atoms with Gasteiger partial charge in [0.1, 0.15) is 5.75 Å². The van der Waals surface area contributed by atoms with Gasteiger partial charge in [0.2, 0.25) is 3.79 Å². The van der Waals surface area contributed by atoms with E-state index in [4.69, 9.17) is 44.3 Å². The van der Waals surface area contributed by atoms with Gasteiger partial charge in [0, 0.05) is 44.3 Å². The Bertz CT molecular complexity index is 1860. The summed E-state index contributed by atoms with van der Waals surface area (Å²) in [6, 6.07) is 19.7. The Morgan fingerprint density at radius 1 is 0.926 bits per heavy atom. The van der Waals surface area contributed by atoms with Crippen molar-refractivity contribution in [2.24, 2.45) is 0 Å². The maximum atomic E-state index is 15.1. The van der Waals surface area contributed by atoms with Crippen molar-refractivity contribution in [2.75, 3.05) is 26.3 Å². The Kier molecular flexibility index (Phi) is 13.6. The van der Waals surface area contributed by atoms with Gasteiger partial charge in [-0.1, -0.05) is 95.5 Å². The lowest BCUT2D eigenvalue weighted by atomic mass is 9.81. The van der Waals surface area contributed by atoms with Gasteiger partial charge in [-0.25, -0.2) is 4.79 Å². The number of aryl methyl sites for hydroxylation is 2. The van der Waals surface area contributed by atoms with Crippen LogP contribution in [0.3, 0.4) is 0 Å². The van der Waals surface area contributed by atoms with Crippen molar-refractivity contribution in [1.82, 2.24) is 15.1 Å². The van der Waals surface area contributed by atoms with Gasteiger partial charge < -0.3 is 24.8 Å². The molecule has 3 aromatic rings. The highest BCUT2D eigenvalue weighted by molar-refractivity contribution is 6.68.